The highest BCUT2D eigenvalue weighted by atomic mass is 32.2. The molecule has 2 N–H and O–H groups in total. The largest absolute Gasteiger partial charge is 0.497 e. The van der Waals surface area contributed by atoms with Gasteiger partial charge >= 0.3 is 0 Å². The molecule has 0 bridgehead atoms. The van der Waals surface area contributed by atoms with Gasteiger partial charge in [-0.15, -0.1) is 0 Å². The predicted molar refractivity (Wildman–Crippen MR) is 111 cm³/mol. The normalized spacial score (nSPS) is 14.2. The van der Waals surface area contributed by atoms with Crippen LogP contribution in [0.4, 0.5) is 5.69 Å². The minimum atomic E-state index is -3.77. The first-order valence-corrected chi connectivity index (χ1v) is 11.0. The van der Waals surface area contributed by atoms with Crippen molar-refractivity contribution in [3.63, 3.8) is 0 Å². The molecule has 160 valence electrons. The van der Waals surface area contributed by atoms with E-state index in [9.17, 15) is 18.0 Å². The first kappa shape index (κ1) is 21.6. The van der Waals surface area contributed by atoms with E-state index in [1.54, 1.807) is 32.2 Å². The van der Waals surface area contributed by atoms with Gasteiger partial charge in [0.25, 0.3) is 5.91 Å². The van der Waals surface area contributed by atoms with E-state index in [1.807, 2.05) is 12.1 Å². The van der Waals surface area contributed by atoms with Gasteiger partial charge in [-0.3, -0.25) is 9.59 Å². The van der Waals surface area contributed by atoms with E-state index in [0.717, 1.165) is 5.56 Å². The Morgan fingerprint density at radius 1 is 1.27 bits per heavy atom. The van der Waals surface area contributed by atoms with Crippen LogP contribution in [0.3, 0.4) is 0 Å². The van der Waals surface area contributed by atoms with E-state index in [-0.39, 0.29) is 29.7 Å². The number of anilines is 1. The zero-order valence-corrected chi connectivity index (χ0v) is 17.8. The molecule has 0 aromatic heterocycles. The molecule has 1 atom stereocenters. The molecule has 0 fully saturated rings. The maximum absolute atomic E-state index is 13.0. The molecule has 1 aliphatic rings. The molecule has 0 radical (unpaired) electrons. The Kier molecular flexibility index (Phi) is 6.31. The Morgan fingerprint density at radius 2 is 1.97 bits per heavy atom. The van der Waals surface area contributed by atoms with Crippen LogP contribution in [-0.4, -0.2) is 39.2 Å². The molecule has 0 saturated carbocycles. The Morgan fingerprint density at radius 3 is 2.63 bits per heavy atom. The van der Waals surface area contributed by atoms with Crippen molar-refractivity contribution in [2.75, 3.05) is 19.0 Å². The maximum Gasteiger partial charge on any atom is 0.262 e. The zero-order chi connectivity index (χ0) is 21.9. The number of amides is 2. The van der Waals surface area contributed by atoms with Crippen LogP contribution in [0.1, 0.15) is 24.5 Å². The standard InChI is InChI=1S/C21H24N2O6S/c1-13-8-17-18(29-12-21(25)23-17)10-19(13)30(26,27)14(2)9-20(24)22-11-15-4-6-16(28-3)7-5-15/h4-8,10,14H,9,11-12H2,1-3H3,(H,22,24)(H,23,25)/t14-/m0/s1. The van der Waals surface area contributed by atoms with Crippen molar-refractivity contribution in [2.24, 2.45) is 0 Å². The summed E-state index contributed by atoms with van der Waals surface area (Å²) in [4.78, 5) is 23.8. The molecule has 2 aromatic rings. The van der Waals surface area contributed by atoms with Crippen molar-refractivity contribution < 1.29 is 27.5 Å². The van der Waals surface area contributed by atoms with Crippen LogP contribution in [0, 0.1) is 6.92 Å². The van der Waals surface area contributed by atoms with Crippen molar-refractivity contribution >= 4 is 27.3 Å². The third kappa shape index (κ3) is 4.73. The average molecular weight is 432 g/mol. The van der Waals surface area contributed by atoms with Crippen LogP contribution >= 0.6 is 0 Å². The molecule has 1 heterocycles. The molecule has 2 aromatic carbocycles. The summed E-state index contributed by atoms with van der Waals surface area (Å²) >= 11 is 0. The van der Waals surface area contributed by atoms with Crippen LogP contribution < -0.4 is 20.1 Å². The molecule has 3 rings (SSSR count). The Labute approximate surface area is 175 Å². The molecular weight excluding hydrogens is 408 g/mol. The lowest BCUT2D eigenvalue weighted by Gasteiger charge is -2.21. The second kappa shape index (κ2) is 8.74. The smallest absolute Gasteiger partial charge is 0.262 e. The Balaban J connectivity index is 1.67. The number of carbonyl (C=O) groups excluding carboxylic acids is 2. The summed E-state index contributed by atoms with van der Waals surface area (Å²) in [5.74, 6) is 0.365. The number of nitrogens with one attached hydrogen (secondary N) is 2. The van der Waals surface area contributed by atoms with Gasteiger partial charge in [0, 0.05) is 19.0 Å². The lowest BCUT2D eigenvalue weighted by molar-refractivity contribution is -0.121. The fourth-order valence-corrected chi connectivity index (χ4v) is 4.71. The van der Waals surface area contributed by atoms with E-state index in [2.05, 4.69) is 10.6 Å². The summed E-state index contributed by atoms with van der Waals surface area (Å²) in [6.07, 6.45) is -0.174. The van der Waals surface area contributed by atoms with Crippen molar-refractivity contribution in [2.45, 2.75) is 37.0 Å². The molecule has 0 unspecified atom stereocenters. The molecule has 0 saturated heterocycles. The van der Waals surface area contributed by atoms with E-state index in [1.165, 1.54) is 13.0 Å². The summed E-state index contributed by atoms with van der Waals surface area (Å²) in [5.41, 5.74) is 1.79. The number of fused-ring (bicyclic) bond motifs is 1. The van der Waals surface area contributed by atoms with Crippen molar-refractivity contribution in [3.8, 4) is 11.5 Å². The Bertz CT molecular complexity index is 1060. The van der Waals surface area contributed by atoms with Crippen LogP contribution in [-0.2, 0) is 26.0 Å². The van der Waals surface area contributed by atoms with Crippen molar-refractivity contribution in [1.29, 1.82) is 0 Å². The molecule has 2 amide bonds. The third-order valence-electron chi connectivity index (χ3n) is 4.87. The summed E-state index contributed by atoms with van der Waals surface area (Å²) in [7, 11) is -2.20. The molecule has 8 nitrogen and oxygen atoms in total. The number of aryl methyl sites for hydroxylation is 1. The van der Waals surface area contributed by atoms with Gasteiger partial charge in [0.2, 0.25) is 5.91 Å². The van der Waals surface area contributed by atoms with Crippen LogP contribution in [0.5, 0.6) is 11.5 Å². The molecule has 1 aliphatic heterocycles. The van der Waals surface area contributed by atoms with Gasteiger partial charge in [0.15, 0.2) is 16.4 Å². The second-order valence-electron chi connectivity index (χ2n) is 7.14. The van der Waals surface area contributed by atoms with Gasteiger partial charge < -0.3 is 20.1 Å². The second-order valence-corrected chi connectivity index (χ2v) is 9.47. The number of methoxy groups -OCH3 is 1. The maximum atomic E-state index is 13.0. The van der Waals surface area contributed by atoms with Gasteiger partial charge in [-0.05, 0) is 43.2 Å². The highest BCUT2D eigenvalue weighted by molar-refractivity contribution is 7.92. The Hall–Kier alpha value is -3.07. The lowest BCUT2D eigenvalue weighted by Crippen LogP contribution is -2.30. The number of hydrogen-bond acceptors (Lipinski definition) is 6. The minimum Gasteiger partial charge on any atom is -0.497 e. The topological polar surface area (TPSA) is 111 Å². The van der Waals surface area contributed by atoms with Crippen molar-refractivity contribution in [1.82, 2.24) is 5.32 Å². The number of rotatable bonds is 7. The molecule has 0 aliphatic carbocycles. The highest BCUT2D eigenvalue weighted by Crippen LogP contribution is 2.34. The zero-order valence-electron chi connectivity index (χ0n) is 17.0. The third-order valence-corrected chi connectivity index (χ3v) is 7.15. The van der Waals surface area contributed by atoms with Gasteiger partial charge in [-0.2, -0.15) is 0 Å². The molecule has 30 heavy (non-hydrogen) atoms. The van der Waals surface area contributed by atoms with E-state index in [4.69, 9.17) is 9.47 Å². The summed E-state index contributed by atoms with van der Waals surface area (Å²) in [6, 6.07) is 10.2. The van der Waals surface area contributed by atoms with E-state index < -0.39 is 15.1 Å². The summed E-state index contributed by atoms with van der Waals surface area (Å²) in [5, 5.41) is 4.47. The van der Waals surface area contributed by atoms with Gasteiger partial charge in [-0.1, -0.05) is 12.1 Å². The number of sulfone groups is 1. The van der Waals surface area contributed by atoms with Gasteiger partial charge in [-0.25, -0.2) is 8.42 Å². The fourth-order valence-electron chi connectivity index (χ4n) is 3.13. The quantitative estimate of drug-likeness (QED) is 0.694. The average Bonchev–Trinajstić information content (AvgIpc) is 2.71. The lowest BCUT2D eigenvalue weighted by atomic mass is 10.2. The van der Waals surface area contributed by atoms with Gasteiger partial charge in [0.05, 0.1) is 22.9 Å². The van der Waals surface area contributed by atoms with Crippen LogP contribution in [0.25, 0.3) is 0 Å². The number of carbonyl (C=O) groups is 2. The van der Waals surface area contributed by atoms with Crippen molar-refractivity contribution in [3.05, 3.63) is 47.5 Å². The minimum absolute atomic E-state index is 0.0906. The summed E-state index contributed by atoms with van der Waals surface area (Å²) < 4.78 is 36.5. The number of hydrogen-bond donors (Lipinski definition) is 2. The fraction of sp³-hybridized carbons (Fsp3) is 0.333. The van der Waals surface area contributed by atoms with Crippen LogP contribution in [0.2, 0.25) is 0 Å². The predicted octanol–water partition coefficient (Wildman–Crippen LogP) is 2.20. The monoisotopic (exact) mass is 432 g/mol. The van der Waals surface area contributed by atoms with Gasteiger partial charge in [0.1, 0.15) is 11.5 Å². The molecular formula is C21H24N2O6S. The van der Waals surface area contributed by atoms with E-state index >= 15 is 0 Å². The highest BCUT2D eigenvalue weighted by Gasteiger charge is 2.29. The summed E-state index contributed by atoms with van der Waals surface area (Å²) in [6.45, 7) is 3.27. The van der Waals surface area contributed by atoms with E-state index in [0.29, 0.717) is 29.3 Å². The first-order valence-electron chi connectivity index (χ1n) is 9.41. The molecule has 0 spiro atoms. The van der Waals surface area contributed by atoms with Crippen LogP contribution in [0.15, 0.2) is 41.3 Å². The SMILES string of the molecule is COc1ccc(CNC(=O)C[C@H](C)S(=O)(=O)c2cc3c(cc2C)NC(=O)CO3)cc1. The number of benzene rings is 2. The number of ether oxygens (including phenoxy) is 2. The first-order chi connectivity index (χ1) is 14.2. The molecule has 9 heteroatoms.